The van der Waals surface area contributed by atoms with Gasteiger partial charge < -0.3 is 4.57 Å². The van der Waals surface area contributed by atoms with Crippen LogP contribution in [0.25, 0.3) is 21.8 Å². The molecule has 5 nitrogen and oxygen atoms in total. The van der Waals surface area contributed by atoms with E-state index in [2.05, 4.69) is 42.0 Å². The minimum absolute atomic E-state index is 0.104. The van der Waals surface area contributed by atoms with Crippen LogP contribution in [-0.2, 0) is 23.0 Å². The number of primary sulfonamides is 1. The third-order valence-corrected chi connectivity index (χ3v) is 7.70. The number of sulfonamides is 1. The quantitative estimate of drug-likeness (QED) is 0.463. The third kappa shape index (κ3) is 4.20. The van der Waals surface area contributed by atoms with E-state index >= 15 is 0 Å². The van der Waals surface area contributed by atoms with Crippen LogP contribution in [0.1, 0.15) is 16.3 Å². The zero-order valence-electron chi connectivity index (χ0n) is 16.1. The minimum atomic E-state index is -3.69. The number of hydrogen-bond donors (Lipinski definition) is 1. The van der Waals surface area contributed by atoms with Crippen LogP contribution in [-0.4, -0.2) is 18.0 Å². The lowest BCUT2D eigenvalue weighted by atomic mass is 10.2. The van der Waals surface area contributed by atoms with Crippen molar-refractivity contribution in [2.45, 2.75) is 31.7 Å². The molecule has 4 rings (SSSR count). The molecule has 3 heterocycles. The van der Waals surface area contributed by atoms with Crippen molar-refractivity contribution < 1.29 is 8.42 Å². The molecular formula is C21H21N3O2S3. The maximum absolute atomic E-state index is 11.4. The van der Waals surface area contributed by atoms with E-state index < -0.39 is 10.0 Å². The average Bonchev–Trinajstić information content (AvgIpc) is 3.41. The Bertz CT molecular complexity index is 1240. The smallest absolute Gasteiger partial charge is 0.238 e. The average molecular weight is 444 g/mol. The minimum Gasteiger partial charge on any atom is -0.348 e. The van der Waals surface area contributed by atoms with Crippen LogP contribution in [0.2, 0.25) is 0 Å². The molecule has 0 unspecified atom stereocenters. The van der Waals surface area contributed by atoms with Crippen LogP contribution in [0.3, 0.4) is 0 Å². The monoisotopic (exact) mass is 443 g/mol. The lowest BCUT2D eigenvalue weighted by Crippen LogP contribution is -2.11. The Morgan fingerprint density at radius 1 is 1.10 bits per heavy atom. The maximum atomic E-state index is 11.4. The number of rotatable bonds is 6. The number of thiophene rings is 1. The molecule has 0 fully saturated rings. The number of hydrogen-bond acceptors (Lipinski definition) is 5. The fourth-order valence-electron chi connectivity index (χ4n) is 3.40. The van der Waals surface area contributed by atoms with Crippen molar-refractivity contribution in [1.82, 2.24) is 9.55 Å². The molecule has 0 atom stereocenters. The Hall–Kier alpha value is -2.26. The van der Waals surface area contributed by atoms with Crippen LogP contribution < -0.4 is 5.14 Å². The van der Waals surface area contributed by atoms with E-state index in [0.29, 0.717) is 0 Å². The number of nitrogens with two attached hydrogens (primary N) is 1. The van der Waals surface area contributed by atoms with Gasteiger partial charge in [0.05, 0.1) is 10.6 Å². The molecular weight excluding hydrogens is 422 g/mol. The molecule has 150 valence electrons. The predicted octanol–water partition coefficient (Wildman–Crippen LogP) is 4.85. The molecule has 4 aromatic rings. The van der Waals surface area contributed by atoms with Gasteiger partial charge in [-0.3, -0.25) is 0 Å². The van der Waals surface area contributed by atoms with Gasteiger partial charge in [-0.05, 0) is 49.9 Å². The molecule has 2 N–H and O–H groups in total. The number of benzene rings is 1. The van der Waals surface area contributed by atoms with Crippen LogP contribution in [0, 0.1) is 13.8 Å². The lowest BCUT2D eigenvalue weighted by Gasteiger charge is -2.08. The zero-order valence-corrected chi connectivity index (χ0v) is 18.6. The summed E-state index contributed by atoms with van der Waals surface area (Å²) >= 11 is 3.34. The topological polar surface area (TPSA) is 78.0 Å². The van der Waals surface area contributed by atoms with Gasteiger partial charge in [0.15, 0.2) is 0 Å². The van der Waals surface area contributed by atoms with Gasteiger partial charge in [-0.25, -0.2) is 18.5 Å². The number of aromatic nitrogens is 2. The third-order valence-electron chi connectivity index (χ3n) is 4.95. The van der Waals surface area contributed by atoms with Crippen LogP contribution >= 0.6 is 22.7 Å². The summed E-state index contributed by atoms with van der Waals surface area (Å²) in [5, 5.41) is 10.2. The zero-order chi connectivity index (χ0) is 20.6. The molecule has 1 aromatic carbocycles. The van der Waals surface area contributed by atoms with Gasteiger partial charge in [-0.1, -0.05) is 18.2 Å². The molecule has 3 aromatic heterocycles. The number of thiazole rings is 1. The molecule has 0 aliphatic carbocycles. The molecule has 0 bridgehead atoms. The lowest BCUT2D eigenvalue weighted by molar-refractivity contribution is 0.598. The summed E-state index contributed by atoms with van der Waals surface area (Å²) in [6.45, 7) is 5.21. The maximum Gasteiger partial charge on any atom is 0.238 e. The van der Waals surface area contributed by atoms with Crippen molar-refractivity contribution in [2.24, 2.45) is 5.14 Å². The van der Waals surface area contributed by atoms with Crippen molar-refractivity contribution in [1.29, 1.82) is 0 Å². The first-order chi connectivity index (χ1) is 13.8. The number of aryl methyl sites for hydroxylation is 2. The second-order valence-electron chi connectivity index (χ2n) is 6.87. The molecule has 8 heteroatoms. The van der Waals surface area contributed by atoms with Crippen LogP contribution in [0.15, 0.2) is 58.1 Å². The second-order valence-corrected chi connectivity index (χ2v) is 10.3. The summed E-state index contributed by atoms with van der Waals surface area (Å²) in [6.07, 6.45) is 1.02. The Morgan fingerprint density at radius 3 is 2.52 bits per heavy atom. The highest BCUT2D eigenvalue weighted by Gasteiger charge is 2.15. The van der Waals surface area contributed by atoms with Crippen molar-refractivity contribution in [3.63, 3.8) is 0 Å². The first-order valence-electron chi connectivity index (χ1n) is 9.11. The van der Waals surface area contributed by atoms with Crippen LogP contribution in [0.5, 0.6) is 0 Å². The molecule has 0 aliphatic rings. The summed E-state index contributed by atoms with van der Waals surface area (Å²) in [5.74, 6) is 0. The Kier molecular flexibility index (Phi) is 5.44. The van der Waals surface area contributed by atoms with Crippen molar-refractivity contribution in [3.05, 3.63) is 69.5 Å². The van der Waals surface area contributed by atoms with Gasteiger partial charge in [-0.15, -0.1) is 22.7 Å². The molecule has 29 heavy (non-hydrogen) atoms. The fourth-order valence-corrected chi connectivity index (χ4v) is 5.44. The number of nitrogens with zero attached hydrogens (tertiary/aromatic N) is 2. The van der Waals surface area contributed by atoms with Crippen LogP contribution in [0.4, 0.5) is 0 Å². The van der Waals surface area contributed by atoms with E-state index in [1.165, 1.54) is 28.4 Å². The van der Waals surface area contributed by atoms with Gasteiger partial charge in [-0.2, -0.15) is 0 Å². The van der Waals surface area contributed by atoms with Crippen molar-refractivity contribution in [3.8, 4) is 21.8 Å². The van der Waals surface area contributed by atoms with E-state index in [9.17, 15) is 8.42 Å². The highest BCUT2D eigenvalue weighted by molar-refractivity contribution is 7.89. The summed E-state index contributed by atoms with van der Waals surface area (Å²) in [6, 6.07) is 13.0. The Labute approximate surface area is 178 Å². The van der Waals surface area contributed by atoms with E-state index in [1.807, 2.05) is 5.38 Å². The molecule has 0 aliphatic heterocycles. The first-order valence-corrected chi connectivity index (χ1v) is 12.4. The molecule has 0 saturated carbocycles. The van der Waals surface area contributed by atoms with Gasteiger partial charge in [0.1, 0.15) is 5.01 Å². The van der Waals surface area contributed by atoms with E-state index in [-0.39, 0.29) is 4.90 Å². The van der Waals surface area contributed by atoms with Gasteiger partial charge in [0, 0.05) is 39.3 Å². The van der Waals surface area contributed by atoms with Gasteiger partial charge in [0.2, 0.25) is 10.0 Å². The summed E-state index contributed by atoms with van der Waals surface area (Å²) in [5.41, 5.74) is 5.38. The first kappa shape index (κ1) is 20.0. The standard InChI is InChI=1S/C21H21N3O2S3/c1-14-12-19(15(2)24(14)10-9-17-4-3-11-27-17)20-13-28-21(23-20)16-5-7-18(8-6-16)29(22,25)26/h3-8,11-13H,9-10H2,1-2H3,(H2,22,25,26). The summed E-state index contributed by atoms with van der Waals surface area (Å²) in [4.78, 5) is 6.29. The molecule has 0 amide bonds. The van der Waals surface area contributed by atoms with Crippen molar-refractivity contribution >= 4 is 32.7 Å². The molecule has 0 saturated heterocycles. The van der Waals surface area contributed by atoms with E-state index in [4.69, 9.17) is 10.1 Å². The van der Waals surface area contributed by atoms with E-state index in [1.54, 1.807) is 34.8 Å². The molecule has 0 spiro atoms. The van der Waals surface area contributed by atoms with Gasteiger partial charge in [0.25, 0.3) is 0 Å². The predicted molar refractivity (Wildman–Crippen MR) is 120 cm³/mol. The largest absolute Gasteiger partial charge is 0.348 e. The van der Waals surface area contributed by atoms with Crippen molar-refractivity contribution in [2.75, 3.05) is 0 Å². The Morgan fingerprint density at radius 2 is 1.86 bits per heavy atom. The fraction of sp³-hybridized carbons (Fsp3) is 0.190. The summed E-state index contributed by atoms with van der Waals surface area (Å²) < 4.78 is 25.2. The highest BCUT2D eigenvalue weighted by Crippen LogP contribution is 2.32. The SMILES string of the molecule is Cc1cc(-c2csc(-c3ccc(S(N)(=O)=O)cc3)n2)c(C)n1CCc1cccs1. The highest BCUT2D eigenvalue weighted by atomic mass is 32.2. The normalized spacial score (nSPS) is 11.8. The molecule has 0 radical (unpaired) electrons. The summed E-state index contributed by atoms with van der Waals surface area (Å²) in [7, 11) is -3.69. The van der Waals surface area contributed by atoms with E-state index in [0.717, 1.165) is 34.8 Å². The van der Waals surface area contributed by atoms with Gasteiger partial charge >= 0.3 is 0 Å². The second kappa shape index (κ2) is 7.87. The Balaban J connectivity index is 1.59.